The van der Waals surface area contributed by atoms with Crippen molar-refractivity contribution < 1.29 is 0 Å². The fourth-order valence-electron chi connectivity index (χ4n) is 3.92. The zero-order chi connectivity index (χ0) is 17.6. The van der Waals surface area contributed by atoms with Gasteiger partial charge in [0.25, 0.3) is 5.56 Å². The van der Waals surface area contributed by atoms with E-state index in [4.69, 9.17) is 4.98 Å². The fourth-order valence-corrected chi connectivity index (χ4v) is 3.92. The number of fused-ring (bicyclic) bond motifs is 1. The zero-order valence-corrected chi connectivity index (χ0v) is 14.5. The van der Waals surface area contributed by atoms with Crippen LogP contribution in [-0.2, 0) is 13.1 Å². The van der Waals surface area contributed by atoms with Gasteiger partial charge < -0.3 is 4.90 Å². The fraction of sp³-hybridized carbons (Fsp3) is 0.286. The number of hydrogen-bond donors (Lipinski definition) is 0. The highest BCUT2D eigenvalue weighted by atomic mass is 16.1. The Hall–Kier alpha value is -2.95. The zero-order valence-electron chi connectivity index (χ0n) is 14.5. The Morgan fingerprint density at radius 3 is 2.50 bits per heavy atom. The van der Waals surface area contributed by atoms with Crippen LogP contribution in [0.5, 0.6) is 0 Å². The van der Waals surface area contributed by atoms with E-state index in [0.717, 1.165) is 36.7 Å². The monoisotopic (exact) mass is 344 g/mol. The van der Waals surface area contributed by atoms with Crippen LogP contribution < -0.4 is 10.5 Å². The quantitative estimate of drug-likeness (QED) is 0.732. The molecule has 5 heteroatoms. The van der Waals surface area contributed by atoms with Crippen molar-refractivity contribution in [2.24, 2.45) is 0 Å². The normalized spacial score (nSPS) is 17.2. The number of benzene rings is 1. The van der Waals surface area contributed by atoms with Gasteiger partial charge in [-0.05, 0) is 37.0 Å². The third-order valence-electron chi connectivity index (χ3n) is 5.59. The molecule has 2 aromatic heterocycles. The summed E-state index contributed by atoms with van der Waals surface area (Å²) in [4.78, 5) is 24.1. The van der Waals surface area contributed by atoms with E-state index >= 15 is 0 Å². The molecule has 26 heavy (non-hydrogen) atoms. The maximum Gasteiger partial charge on any atom is 0.255 e. The van der Waals surface area contributed by atoms with Gasteiger partial charge in [0, 0.05) is 42.7 Å². The molecular formula is C21H20N4O. The van der Waals surface area contributed by atoms with E-state index in [1.54, 1.807) is 18.5 Å². The molecule has 0 unspecified atom stereocenters. The molecule has 1 aliphatic carbocycles. The van der Waals surface area contributed by atoms with Crippen molar-refractivity contribution in [3.63, 3.8) is 0 Å². The van der Waals surface area contributed by atoms with Gasteiger partial charge >= 0.3 is 0 Å². The van der Waals surface area contributed by atoms with E-state index in [1.807, 2.05) is 22.8 Å². The van der Waals surface area contributed by atoms with Crippen molar-refractivity contribution in [1.29, 1.82) is 0 Å². The predicted octanol–water partition coefficient (Wildman–Crippen LogP) is 3.25. The summed E-state index contributed by atoms with van der Waals surface area (Å²) < 4.78 is 1.83. The van der Waals surface area contributed by atoms with E-state index in [2.05, 4.69) is 34.1 Å². The summed E-state index contributed by atoms with van der Waals surface area (Å²) in [6.07, 6.45) is 6.84. The predicted molar refractivity (Wildman–Crippen MR) is 101 cm³/mol. The van der Waals surface area contributed by atoms with Gasteiger partial charge in [0.1, 0.15) is 0 Å². The third-order valence-corrected chi connectivity index (χ3v) is 5.59. The number of aromatic nitrogens is 3. The van der Waals surface area contributed by atoms with Crippen molar-refractivity contribution in [3.8, 4) is 11.3 Å². The second-order valence-electron chi connectivity index (χ2n) is 7.21. The van der Waals surface area contributed by atoms with Gasteiger partial charge in [0.2, 0.25) is 5.95 Å². The molecule has 5 rings (SSSR count). The largest absolute Gasteiger partial charge is 0.332 e. The minimum atomic E-state index is 0.0235. The Kier molecular flexibility index (Phi) is 3.42. The molecule has 0 atom stereocenters. The van der Waals surface area contributed by atoms with Crippen molar-refractivity contribution in [2.75, 3.05) is 4.90 Å². The summed E-state index contributed by atoms with van der Waals surface area (Å²) in [5, 5.41) is 0. The molecule has 5 nitrogen and oxygen atoms in total. The lowest BCUT2D eigenvalue weighted by Gasteiger charge is -2.39. The molecule has 130 valence electrons. The number of anilines is 1. The van der Waals surface area contributed by atoms with Crippen LogP contribution in [0.25, 0.3) is 11.3 Å². The first kappa shape index (κ1) is 15.3. The molecular weight excluding hydrogens is 324 g/mol. The lowest BCUT2D eigenvalue weighted by atomic mass is 10.1. The summed E-state index contributed by atoms with van der Waals surface area (Å²) in [6, 6.07) is 15.9. The summed E-state index contributed by atoms with van der Waals surface area (Å²) >= 11 is 0. The first-order valence-electron chi connectivity index (χ1n) is 9.09. The van der Waals surface area contributed by atoms with Gasteiger partial charge in [-0.25, -0.2) is 4.98 Å². The van der Waals surface area contributed by atoms with Gasteiger partial charge in [-0.15, -0.1) is 0 Å². The Morgan fingerprint density at radius 1 is 1.00 bits per heavy atom. The molecule has 1 aliphatic heterocycles. The molecule has 1 fully saturated rings. The number of pyridine rings is 1. The third kappa shape index (κ3) is 2.51. The van der Waals surface area contributed by atoms with Gasteiger partial charge in [-0.1, -0.05) is 30.3 Å². The molecule has 3 heterocycles. The maximum absolute atomic E-state index is 12.8. The maximum atomic E-state index is 12.8. The van der Waals surface area contributed by atoms with E-state index in [-0.39, 0.29) is 11.1 Å². The standard InChI is InChI=1S/C21H20N4O/c26-19-14-18(17-6-11-22-12-7-17)23-20-24(19)13-10-21(8-9-21)25(20)15-16-4-2-1-3-5-16/h1-7,11-12,14H,8-10,13,15H2. The van der Waals surface area contributed by atoms with Crippen LogP contribution >= 0.6 is 0 Å². The number of rotatable bonds is 3. The Bertz CT molecular complexity index is 994. The SMILES string of the molecule is O=c1cc(-c2ccncc2)nc2n1CCC1(CC1)N2Cc1ccccc1. The Balaban J connectivity index is 1.63. The van der Waals surface area contributed by atoms with Crippen LogP contribution in [-0.4, -0.2) is 20.1 Å². The van der Waals surface area contributed by atoms with Gasteiger partial charge in [-0.3, -0.25) is 14.3 Å². The second kappa shape index (κ2) is 5.80. The highest BCUT2D eigenvalue weighted by molar-refractivity contribution is 5.60. The lowest BCUT2D eigenvalue weighted by molar-refractivity contribution is 0.420. The molecule has 0 bridgehead atoms. The van der Waals surface area contributed by atoms with Gasteiger partial charge in [0.15, 0.2) is 0 Å². The molecule has 2 aliphatic rings. The highest BCUT2D eigenvalue weighted by Crippen LogP contribution is 2.49. The minimum absolute atomic E-state index is 0.0235. The van der Waals surface area contributed by atoms with E-state index in [9.17, 15) is 4.79 Å². The van der Waals surface area contributed by atoms with E-state index in [1.165, 1.54) is 18.4 Å². The summed E-state index contributed by atoms with van der Waals surface area (Å²) in [5.41, 5.74) is 3.09. The smallest absolute Gasteiger partial charge is 0.255 e. The van der Waals surface area contributed by atoms with Crippen molar-refractivity contribution >= 4 is 5.95 Å². The van der Waals surface area contributed by atoms with Gasteiger partial charge in [0.05, 0.1) is 5.69 Å². The average Bonchev–Trinajstić information content (AvgIpc) is 3.46. The first-order valence-corrected chi connectivity index (χ1v) is 9.09. The lowest BCUT2D eigenvalue weighted by Crippen LogP contribution is -2.46. The van der Waals surface area contributed by atoms with Crippen LogP contribution in [0.3, 0.4) is 0 Å². The van der Waals surface area contributed by atoms with Crippen molar-refractivity contribution in [3.05, 3.63) is 76.8 Å². The van der Waals surface area contributed by atoms with Gasteiger partial charge in [-0.2, -0.15) is 0 Å². The summed E-state index contributed by atoms with van der Waals surface area (Å²) in [7, 11) is 0. The summed E-state index contributed by atoms with van der Waals surface area (Å²) in [5.74, 6) is 0.803. The average molecular weight is 344 g/mol. The van der Waals surface area contributed by atoms with Crippen LogP contribution in [0.4, 0.5) is 5.95 Å². The molecule has 1 aromatic carbocycles. The Labute approximate surface area is 152 Å². The molecule has 3 aromatic rings. The molecule has 1 spiro atoms. The van der Waals surface area contributed by atoms with Crippen molar-refractivity contribution in [2.45, 2.75) is 37.9 Å². The molecule has 0 amide bonds. The molecule has 0 saturated heterocycles. The second-order valence-corrected chi connectivity index (χ2v) is 7.21. The van der Waals surface area contributed by atoms with Crippen LogP contribution in [0.15, 0.2) is 65.7 Å². The van der Waals surface area contributed by atoms with Crippen LogP contribution in [0.2, 0.25) is 0 Å². The minimum Gasteiger partial charge on any atom is -0.332 e. The van der Waals surface area contributed by atoms with Crippen LogP contribution in [0, 0.1) is 0 Å². The summed E-state index contributed by atoms with van der Waals surface area (Å²) in [6.45, 7) is 1.54. The van der Waals surface area contributed by atoms with Crippen molar-refractivity contribution in [1.82, 2.24) is 14.5 Å². The topological polar surface area (TPSA) is 51.0 Å². The highest BCUT2D eigenvalue weighted by Gasteiger charge is 2.51. The van der Waals surface area contributed by atoms with E-state index < -0.39 is 0 Å². The number of hydrogen-bond acceptors (Lipinski definition) is 4. The number of nitrogens with zero attached hydrogens (tertiary/aromatic N) is 4. The Morgan fingerprint density at radius 2 is 1.77 bits per heavy atom. The van der Waals surface area contributed by atoms with E-state index in [0.29, 0.717) is 0 Å². The van der Waals surface area contributed by atoms with Crippen LogP contribution in [0.1, 0.15) is 24.8 Å². The molecule has 0 N–H and O–H groups in total. The molecule has 1 saturated carbocycles. The first-order chi connectivity index (χ1) is 12.8. The molecule has 0 radical (unpaired) electrons.